The van der Waals surface area contributed by atoms with Gasteiger partial charge in [0, 0.05) is 11.1 Å². The molecule has 0 fully saturated rings. The molecule has 4 heteroatoms. The van der Waals surface area contributed by atoms with Gasteiger partial charge in [-0.25, -0.2) is 0 Å². The molecule has 2 nitrogen and oxygen atoms in total. The van der Waals surface area contributed by atoms with Crippen molar-refractivity contribution in [1.82, 2.24) is 0 Å². The third-order valence-electron chi connectivity index (χ3n) is 2.63. The van der Waals surface area contributed by atoms with Gasteiger partial charge in [0.1, 0.15) is 11.5 Å². The quantitative estimate of drug-likeness (QED) is 0.889. The standard InChI is InChI=1S/C15H15Cl2NO/c1-10(18)8-11-6-7-12(9-14(11)17)19-15-5-3-2-4-13(15)16/h2-7,9-10H,8,18H2,1H3. The van der Waals surface area contributed by atoms with E-state index >= 15 is 0 Å². The molecule has 0 aromatic heterocycles. The molecular weight excluding hydrogens is 281 g/mol. The highest BCUT2D eigenvalue weighted by molar-refractivity contribution is 6.32. The number of nitrogens with two attached hydrogens (primary N) is 1. The molecule has 0 aliphatic heterocycles. The van der Waals surface area contributed by atoms with Crippen LogP contribution in [0.25, 0.3) is 0 Å². The molecule has 19 heavy (non-hydrogen) atoms. The highest BCUT2D eigenvalue weighted by atomic mass is 35.5. The number of para-hydroxylation sites is 1. The van der Waals surface area contributed by atoms with Gasteiger partial charge in [0.25, 0.3) is 0 Å². The summed E-state index contributed by atoms with van der Waals surface area (Å²) in [6.07, 6.45) is 0.741. The average molecular weight is 296 g/mol. The van der Waals surface area contributed by atoms with E-state index in [-0.39, 0.29) is 6.04 Å². The number of hydrogen-bond donors (Lipinski definition) is 1. The minimum Gasteiger partial charge on any atom is -0.456 e. The van der Waals surface area contributed by atoms with E-state index in [1.54, 1.807) is 12.1 Å². The first-order valence-electron chi connectivity index (χ1n) is 6.02. The second kappa shape index (κ2) is 6.29. The van der Waals surface area contributed by atoms with Crippen LogP contribution in [-0.2, 0) is 6.42 Å². The number of hydrogen-bond acceptors (Lipinski definition) is 2. The van der Waals surface area contributed by atoms with Crippen LogP contribution in [0.5, 0.6) is 11.5 Å². The van der Waals surface area contributed by atoms with Crippen LogP contribution in [-0.4, -0.2) is 6.04 Å². The molecule has 0 saturated carbocycles. The van der Waals surface area contributed by atoms with Gasteiger partial charge >= 0.3 is 0 Å². The Balaban J connectivity index is 2.19. The van der Waals surface area contributed by atoms with Crippen LogP contribution in [0.4, 0.5) is 0 Å². The topological polar surface area (TPSA) is 35.2 Å². The summed E-state index contributed by atoms with van der Waals surface area (Å²) in [5.41, 5.74) is 6.78. The first-order valence-corrected chi connectivity index (χ1v) is 6.78. The lowest BCUT2D eigenvalue weighted by molar-refractivity contribution is 0.482. The van der Waals surface area contributed by atoms with Crippen LogP contribution < -0.4 is 10.5 Å². The molecule has 1 unspecified atom stereocenters. The maximum Gasteiger partial charge on any atom is 0.146 e. The molecule has 0 spiro atoms. The summed E-state index contributed by atoms with van der Waals surface area (Å²) in [7, 11) is 0. The highest BCUT2D eigenvalue weighted by Crippen LogP contribution is 2.31. The highest BCUT2D eigenvalue weighted by Gasteiger charge is 2.07. The molecule has 0 heterocycles. The number of benzene rings is 2. The smallest absolute Gasteiger partial charge is 0.146 e. The summed E-state index contributed by atoms with van der Waals surface area (Å²) in [6.45, 7) is 1.95. The normalized spacial score (nSPS) is 12.2. The van der Waals surface area contributed by atoms with Gasteiger partial charge in [0.2, 0.25) is 0 Å². The second-order valence-corrected chi connectivity index (χ2v) is 5.28. The Kier molecular flexibility index (Phi) is 4.70. The molecule has 0 aliphatic carbocycles. The van der Waals surface area contributed by atoms with Gasteiger partial charge in [-0.3, -0.25) is 0 Å². The lowest BCUT2D eigenvalue weighted by atomic mass is 10.1. The van der Waals surface area contributed by atoms with E-state index in [2.05, 4.69) is 0 Å². The zero-order valence-electron chi connectivity index (χ0n) is 10.6. The van der Waals surface area contributed by atoms with E-state index in [1.807, 2.05) is 37.3 Å². The molecule has 2 rings (SSSR count). The first-order chi connectivity index (χ1) is 9.06. The van der Waals surface area contributed by atoms with Crippen molar-refractivity contribution in [3.05, 3.63) is 58.1 Å². The van der Waals surface area contributed by atoms with E-state index in [9.17, 15) is 0 Å². The van der Waals surface area contributed by atoms with Crippen LogP contribution in [0, 0.1) is 0 Å². The molecule has 2 aromatic rings. The Labute approximate surface area is 123 Å². The fourth-order valence-electron chi connectivity index (χ4n) is 1.76. The van der Waals surface area contributed by atoms with Gasteiger partial charge in [-0.15, -0.1) is 0 Å². The molecule has 2 N–H and O–H groups in total. The summed E-state index contributed by atoms with van der Waals surface area (Å²) in [5.74, 6) is 1.27. The number of ether oxygens (including phenoxy) is 1. The largest absolute Gasteiger partial charge is 0.456 e. The zero-order valence-corrected chi connectivity index (χ0v) is 12.1. The van der Waals surface area contributed by atoms with Crippen LogP contribution in [0.15, 0.2) is 42.5 Å². The molecule has 0 saturated heterocycles. The van der Waals surface area contributed by atoms with Gasteiger partial charge in [-0.05, 0) is 43.2 Å². The van der Waals surface area contributed by atoms with Crippen molar-refractivity contribution >= 4 is 23.2 Å². The Morgan fingerprint density at radius 2 is 1.84 bits per heavy atom. The van der Waals surface area contributed by atoms with Crippen molar-refractivity contribution in [3.8, 4) is 11.5 Å². The van der Waals surface area contributed by atoms with Gasteiger partial charge < -0.3 is 10.5 Å². The predicted molar refractivity (Wildman–Crippen MR) is 80.3 cm³/mol. The van der Waals surface area contributed by atoms with E-state index < -0.39 is 0 Å². The van der Waals surface area contributed by atoms with Gasteiger partial charge in [0.15, 0.2) is 0 Å². The van der Waals surface area contributed by atoms with Crippen LogP contribution in [0.3, 0.4) is 0 Å². The average Bonchev–Trinajstić information content (AvgIpc) is 2.35. The third kappa shape index (κ3) is 3.87. The van der Waals surface area contributed by atoms with Crippen molar-refractivity contribution in [3.63, 3.8) is 0 Å². The Morgan fingerprint density at radius 1 is 1.11 bits per heavy atom. The van der Waals surface area contributed by atoms with E-state index in [4.69, 9.17) is 33.7 Å². The van der Waals surface area contributed by atoms with Crippen LogP contribution in [0.2, 0.25) is 10.0 Å². The van der Waals surface area contributed by atoms with Crippen molar-refractivity contribution < 1.29 is 4.74 Å². The maximum atomic E-state index is 6.21. The first kappa shape index (κ1) is 14.2. The van der Waals surface area contributed by atoms with Crippen molar-refractivity contribution in [1.29, 1.82) is 0 Å². The van der Waals surface area contributed by atoms with E-state index in [0.29, 0.717) is 21.5 Å². The Hall–Kier alpha value is -1.22. The molecule has 2 aromatic carbocycles. The minimum absolute atomic E-state index is 0.0767. The second-order valence-electron chi connectivity index (χ2n) is 4.47. The van der Waals surface area contributed by atoms with Crippen molar-refractivity contribution in [2.75, 3.05) is 0 Å². The fourth-order valence-corrected chi connectivity index (χ4v) is 2.18. The SMILES string of the molecule is CC(N)Cc1ccc(Oc2ccccc2Cl)cc1Cl. The molecular formula is C15H15Cl2NO. The Morgan fingerprint density at radius 3 is 2.47 bits per heavy atom. The summed E-state index contributed by atoms with van der Waals surface area (Å²) in [4.78, 5) is 0. The summed E-state index contributed by atoms with van der Waals surface area (Å²) < 4.78 is 5.70. The molecule has 0 aliphatic rings. The van der Waals surface area contributed by atoms with Gasteiger partial charge in [-0.2, -0.15) is 0 Å². The summed E-state index contributed by atoms with van der Waals surface area (Å²) in [6, 6.07) is 13.0. The summed E-state index contributed by atoms with van der Waals surface area (Å²) >= 11 is 12.3. The predicted octanol–water partition coefficient (Wildman–Crippen LogP) is 4.68. The summed E-state index contributed by atoms with van der Waals surface area (Å²) in [5, 5.41) is 1.22. The Bertz CT molecular complexity index is 570. The lowest BCUT2D eigenvalue weighted by Gasteiger charge is -2.11. The molecule has 0 radical (unpaired) electrons. The van der Waals surface area contributed by atoms with Gasteiger partial charge in [0.05, 0.1) is 5.02 Å². The molecule has 0 bridgehead atoms. The molecule has 100 valence electrons. The van der Waals surface area contributed by atoms with Crippen molar-refractivity contribution in [2.24, 2.45) is 5.73 Å². The monoisotopic (exact) mass is 295 g/mol. The lowest BCUT2D eigenvalue weighted by Crippen LogP contribution is -2.17. The molecule has 0 amide bonds. The zero-order chi connectivity index (χ0) is 13.8. The van der Waals surface area contributed by atoms with Crippen LogP contribution >= 0.6 is 23.2 Å². The third-order valence-corrected chi connectivity index (χ3v) is 3.29. The van der Waals surface area contributed by atoms with E-state index in [1.165, 1.54) is 0 Å². The number of rotatable bonds is 4. The molecule has 1 atom stereocenters. The maximum absolute atomic E-state index is 6.21. The van der Waals surface area contributed by atoms with Gasteiger partial charge in [-0.1, -0.05) is 41.4 Å². The van der Waals surface area contributed by atoms with Crippen LogP contribution in [0.1, 0.15) is 12.5 Å². The fraction of sp³-hybridized carbons (Fsp3) is 0.200. The number of halogens is 2. The van der Waals surface area contributed by atoms with Crippen molar-refractivity contribution in [2.45, 2.75) is 19.4 Å². The minimum atomic E-state index is 0.0767. The van der Waals surface area contributed by atoms with E-state index in [0.717, 1.165) is 12.0 Å².